The van der Waals surface area contributed by atoms with Crippen molar-refractivity contribution in [2.24, 2.45) is 11.3 Å². The topological polar surface area (TPSA) is 20.2 Å². The number of aliphatic hydroxyl groups is 1. The quantitative estimate of drug-likeness (QED) is 0.633. The van der Waals surface area contributed by atoms with Crippen molar-refractivity contribution < 1.29 is 5.11 Å². The maximum atomic E-state index is 10.4. The molecule has 0 saturated heterocycles. The van der Waals surface area contributed by atoms with Gasteiger partial charge in [0.1, 0.15) is 0 Å². The molecule has 1 nitrogen and oxygen atoms in total. The van der Waals surface area contributed by atoms with Gasteiger partial charge < -0.3 is 5.11 Å². The molecule has 78 valence electrons. The van der Waals surface area contributed by atoms with E-state index in [1.165, 1.54) is 44.9 Å². The van der Waals surface area contributed by atoms with E-state index in [0.717, 1.165) is 6.42 Å². The molecule has 3 aliphatic rings. The Hall–Kier alpha value is -0.300. The highest BCUT2D eigenvalue weighted by atomic mass is 16.3. The van der Waals surface area contributed by atoms with Crippen LogP contribution in [0.3, 0.4) is 0 Å². The SMILES string of the molecule is OC1(C2CC2)C=CC2(CCCC2)CC1. The standard InChI is InChI=1S/C13H20O/c14-13(11-3-4-11)9-7-12(8-10-13)5-1-2-6-12/h7,9,11,14H,1-6,8,10H2. The van der Waals surface area contributed by atoms with E-state index in [4.69, 9.17) is 0 Å². The molecule has 1 unspecified atom stereocenters. The summed E-state index contributed by atoms with van der Waals surface area (Å²) in [5.74, 6) is 0.595. The summed E-state index contributed by atoms with van der Waals surface area (Å²) in [6, 6.07) is 0. The molecule has 0 aromatic carbocycles. The van der Waals surface area contributed by atoms with Gasteiger partial charge in [-0.3, -0.25) is 0 Å². The Morgan fingerprint density at radius 2 is 1.64 bits per heavy atom. The Morgan fingerprint density at radius 1 is 0.929 bits per heavy atom. The smallest absolute Gasteiger partial charge is 0.0856 e. The summed E-state index contributed by atoms with van der Waals surface area (Å²) in [6.07, 6.45) is 14.8. The van der Waals surface area contributed by atoms with Gasteiger partial charge in [0.2, 0.25) is 0 Å². The van der Waals surface area contributed by atoms with Crippen LogP contribution in [0.1, 0.15) is 51.4 Å². The monoisotopic (exact) mass is 192 g/mol. The van der Waals surface area contributed by atoms with Crippen molar-refractivity contribution in [1.82, 2.24) is 0 Å². The molecule has 1 N–H and O–H groups in total. The molecule has 2 fully saturated rings. The largest absolute Gasteiger partial charge is 0.386 e. The molecule has 0 aromatic rings. The lowest BCUT2D eigenvalue weighted by atomic mass is 9.72. The molecule has 0 aromatic heterocycles. The molecule has 1 spiro atoms. The van der Waals surface area contributed by atoms with Crippen molar-refractivity contribution in [3.63, 3.8) is 0 Å². The van der Waals surface area contributed by atoms with Crippen molar-refractivity contribution in [2.45, 2.75) is 57.0 Å². The molecular formula is C13H20O. The zero-order chi connectivity index (χ0) is 9.65. The van der Waals surface area contributed by atoms with Crippen molar-refractivity contribution in [3.05, 3.63) is 12.2 Å². The van der Waals surface area contributed by atoms with Gasteiger partial charge in [-0.05, 0) is 49.9 Å². The highest BCUT2D eigenvalue weighted by Gasteiger charge is 2.46. The fraction of sp³-hybridized carbons (Fsp3) is 0.846. The van der Waals surface area contributed by atoms with E-state index in [0.29, 0.717) is 11.3 Å². The lowest BCUT2D eigenvalue weighted by molar-refractivity contribution is 0.0359. The third-order valence-corrected chi connectivity index (χ3v) is 4.63. The molecule has 0 amide bonds. The van der Waals surface area contributed by atoms with Gasteiger partial charge in [-0.15, -0.1) is 0 Å². The van der Waals surface area contributed by atoms with Crippen LogP contribution in [-0.2, 0) is 0 Å². The molecule has 0 heterocycles. The van der Waals surface area contributed by atoms with Gasteiger partial charge >= 0.3 is 0 Å². The minimum absolute atomic E-state index is 0.409. The summed E-state index contributed by atoms with van der Waals surface area (Å²) in [7, 11) is 0. The third kappa shape index (κ3) is 1.33. The maximum Gasteiger partial charge on any atom is 0.0856 e. The van der Waals surface area contributed by atoms with Crippen molar-refractivity contribution >= 4 is 0 Å². The van der Waals surface area contributed by atoms with Gasteiger partial charge in [-0.2, -0.15) is 0 Å². The van der Waals surface area contributed by atoms with Gasteiger partial charge in [0, 0.05) is 0 Å². The van der Waals surface area contributed by atoms with Crippen LogP contribution in [0.2, 0.25) is 0 Å². The molecule has 1 atom stereocenters. The van der Waals surface area contributed by atoms with Crippen LogP contribution >= 0.6 is 0 Å². The average Bonchev–Trinajstić information content (AvgIpc) is 2.95. The lowest BCUT2D eigenvalue weighted by Crippen LogP contribution is -2.35. The average molecular weight is 192 g/mol. The maximum absolute atomic E-state index is 10.4. The third-order valence-electron chi connectivity index (χ3n) is 4.63. The van der Waals surface area contributed by atoms with Gasteiger partial charge in [0.05, 0.1) is 5.60 Å². The normalized spacial score (nSPS) is 40.6. The molecule has 0 aliphatic heterocycles. The first kappa shape index (κ1) is 8.96. The second kappa shape index (κ2) is 2.85. The second-order valence-corrected chi connectivity index (χ2v) is 5.67. The van der Waals surface area contributed by atoms with E-state index in [-0.39, 0.29) is 0 Å². The lowest BCUT2D eigenvalue weighted by Gasteiger charge is -2.37. The minimum atomic E-state index is -0.409. The fourth-order valence-corrected chi connectivity index (χ4v) is 3.36. The second-order valence-electron chi connectivity index (χ2n) is 5.67. The van der Waals surface area contributed by atoms with Gasteiger partial charge in [-0.1, -0.05) is 25.0 Å². The van der Waals surface area contributed by atoms with Crippen molar-refractivity contribution in [1.29, 1.82) is 0 Å². The summed E-state index contributed by atoms with van der Waals surface area (Å²) in [4.78, 5) is 0. The van der Waals surface area contributed by atoms with Crippen LogP contribution in [0, 0.1) is 11.3 Å². The fourth-order valence-electron chi connectivity index (χ4n) is 3.36. The van der Waals surface area contributed by atoms with E-state index in [2.05, 4.69) is 12.2 Å². The Labute approximate surface area is 86.2 Å². The van der Waals surface area contributed by atoms with E-state index in [9.17, 15) is 5.11 Å². The highest BCUT2D eigenvalue weighted by molar-refractivity contribution is 5.18. The van der Waals surface area contributed by atoms with Crippen LogP contribution in [0.15, 0.2) is 12.2 Å². The number of hydrogen-bond donors (Lipinski definition) is 1. The number of allylic oxidation sites excluding steroid dienone is 1. The molecule has 2 saturated carbocycles. The highest BCUT2D eigenvalue weighted by Crippen LogP contribution is 2.52. The van der Waals surface area contributed by atoms with Gasteiger partial charge in [0.25, 0.3) is 0 Å². The van der Waals surface area contributed by atoms with Crippen LogP contribution in [0.4, 0.5) is 0 Å². The Morgan fingerprint density at radius 3 is 2.14 bits per heavy atom. The molecule has 3 rings (SSSR count). The van der Waals surface area contributed by atoms with E-state index in [1.54, 1.807) is 0 Å². The van der Waals surface area contributed by atoms with Crippen molar-refractivity contribution in [3.8, 4) is 0 Å². The zero-order valence-electron chi connectivity index (χ0n) is 8.84. The first-order valence-electron chi connectivity index (χ1n) is 6.15. The van der Waals surface area contributed by atoms with Gasteiger partial charge in [-0.25, -0.2) is 0 Å². The molecule has 0 radical (unpaired) electrons. The van der Waals surface area contributed by atoms with Crippen LogP contribution in [-0.4, -0.2) is 10.7 Å². The van der Waals surface area contributed by atoms with E-state index >= 15 is 0 Å². The summed E-state index contributed by atoms with van der Waals surface area (Å²) in [5, 5.41) is 10.4. The first-order valence-corrected chi connectivity index (χ1v) is 6.15. The van der Waals surface area contributed by atoms with Crippen LogP contribution < -0.4 is 0 Å². The van der Waals surface area contributed by atoms with E-state index < -0.39 is 5.60 Å². The minimum Gasteiger partial charge on any atom is -0.386 e. The molecule has 1 heteroatoms. The Bertz CT molecular complexity index is 250. The van der Waals surface area contributed by atoms with E-state index in [1.807, 2.05) is 0 Å². The number of rotatable bonds is 1. The summed E-state index contributed by atoms with van der Waals surface area (Å²) in [6.45, 7) is 0. The zero-order valence-corrected chi connectivity index (χ0v) is 8.84. The molecule has 3 aliphatic carbocycles. The summed E-state index contributed by atoms with van der Waals surface area (Å²) in [5.41, 5.74) is 0.0922. The van der Waals surface area contributed by atoms with Crippen molar-refractivity contribution in [2.75, 3.05) is 0 Å². The van der Waals surface area contributed by atoms with Gasteiger partial charge in [0.15, 0.2) is 0 Å². The van der Waals surface area contributed by atoms with Crippen LogP contribution in [0.25, 0.3) is 0 Å². The first-order chi connectivity index (χ1) is 6.73. The molecule has 0 bridgehead atoms. The summed E-state index contributed by atoms with van der Waals surface area (Å²) >= 11 is 0. The van der Waals surface area contributed by atoms with Crippen LogP contribution in [0.5, 0.6) is 0 Å². The molecular weight excluding hydrogens is 172 g/mol. The Kier molecular flexibility index (Phi) is 1.82. The summed E-state index contributed by atoms with van der Waals surface area (Å²) < 4.78 is 0. The number of hydrogen-bond acceptors (Lipinski definition) is 1. The Balaban J connectivity index is 1.78. The molecule has 14 heavy (non-hydrogen) atoms. The predicted molar refractivity (Wildman–Crippen MR) is 56.9 cm³/mol. The predicted octanol–water partition coefficient (Wildman–Crippen LogP) is 3.04.